The van der Waals surface area contributed by atoms with Gasteiger partial charge in [-0.1, -0.05) is 6.07 Å². The van der Waals surface area contributed by atoms with E-state index < -0.39 is 5.97 Å². The van der Waals surface area contributed by atoms with Crippen LogP contribution in [-0.4, -0.2) is 23.2 Å². The number of ether oxygens (including phenoxy) is 1. The normalized spacial score (nSPS) is 14.3. The molecule has 0 unspecified atom stereocenters. The van der Waals surface area contributed by atoms with Gasteiger partial charge < -0.3 is 14.3 Å². The predicted octanol–water partition coefficient (Wildman–Crippen LogP) is 3.23. The summed E-state index contributed by atoms with van der Waals surface area (Å²) in [4.78, 5) is 15.6. The van der Waals surface area contributed by atoms with E-state index in [1.54, 1.807) is 7.11 Å². The highest BCUT2D eigenvalue weighted by atomic mass is 16.5. The topological polar surface area (TPSA) is 72.6 Å². The molecule has 20 heavy (non-hydrogen) atoms. The van der Waals surface area contributed by atoms with E-state index in [0.717, 1.165) is 29.7 Å². The Balaban J connectivity index is 2.06. The molecule has 0 atom stereocenters. The van der Waals surface area contributed by atoms with Gasteiger partial charge in [0.05, 0.1) is 12.8 Å². The number of hydrogen-bond donors (Lipinski definition) is 1. The van der Waals surface area contributed by atoms with Gasteiger partial charge in [0, 0.05) is 11.5 Å². The third-order valence-electron chi connectivity index (χ3n) is 3.47. The molecule has 1 heterocycles. The van der Waals surface area contributed by atoms with E-state index >= 15 is 0 Å². The predicted molar refractivity (Wildman–Crippen MR) is 72.2 cm³/mol. The Bertz CT molecular complexity index is 671. The summed E-state index contributed by atoms with van der Waals surface area (Å²) in [6, 6.07) is 5.56. The largest absolute Gasteiger partial charge is 0.496 e. The zero-order chi connectivity index (χ0) is 14.3. The molecule has 2 aromatic rings. The second-order valence-corrected chi connectivity index (χ2v) is 5.00. The summed E-state index contributed by atoms with van der Waals surface area (Å²) in [5.74, 6) is 0.186. The molecule has 0 spiro atoms. The van der Waals surface area contributed by atoms with E-state index in [2.05, 4.69) is 4.98 Å². The monoisotopic (exact) mass is 273 g/mol. The molecule has 1 saturated carbocycles. The zero-order valence-electron chi connectivity index (χ0n) is 11.3. The molecule has 1 fully saturated rings. The van der Waals surface area contributed by atoms with Gasteiger partial charge >= 0.3 is 5.97 Å². The van der Waals surface area contributed by atoms with Gasteiger partial charge in [-0.25, -0.2) is 9.78 Å². The molecule has 0 aliphatic heterocycles. The summed E-state index contributed by atoms with van der Waals surface area (Å²) in [6.07, 6.45) is 1.95. The van der Waals surface area contributed by atoms with Crippen LogP contribution in [0.5, 0.6) is 5.75 Å². The maximum Gasteiger partial charge on any atom is 0.373 e. The maximum atomic E-state index is 11.2. The van der Waals surface area contributed by atoms with E-state index in [4.69, 9.17) is 9.15 Å². The lowest BCUT2D eigenvalue weighted by atomic mass is 10.1. The average molecular weight is 273 g/mol. The minimum Gasteiger partial charge on any atom is -0.496 e. The second-order valence-electron chi connectivity index (χ2n) is 5.00. The Morgan fingerprint density at radius 2 is 2.20 bits per heavy atom. The van der Waals surface area contributed by atoms with Gasteiger partial charge in [-0.2, -0.15) is 0 Å². The smallest absolute Gasteiger partial charge is 0.373 e. The molecule has 3 rings (SSSR count). The fourth-order valence-electron chi connectivity index (χ4n) is 2.20. The molecule has 0 saturated heterocycles. The highest BCUT2D eigenvalue weighted by Gasteiger charge is 2.33. The van der Waals surface area contributed by atoms with Gasteiger partial charge in [0.25, 0.3) is 0 Å². The second kappa shape index (κ2) is 4.67. The van der Waals surface area contributed by atoms with E-state index in [-0.39, 0.29) is 11.7 Å². The van der Waals surface area contributed by atoms with Crippen LogP contribution in [0.1, 0.15) is 40.6 Å². The van der Waals surface area contributed by atoms with Gasteiger partial charge in [0.2, 0.25) is 11.7 Å². The number of hydrogen-bond acceptors (Lipinski definition) is 4. The van der Waals surface area contributed by atoms with Crippen LogP contribution in [0, 0.1) is 6.92 Å². The van der Waals surface area contributed by atoms with Crippen molar-refractivity contribution >= 4 is 5.97 Å². The molecule has 1 aromatic heterocycles. The van der Waals surface area contributed by atoms with Crippen LogP contribution in [-0.2, 0) is 0 Å². The minimum absolute atomic E-state index is 0.0398. The molecule has 0 bridgehead atoms. The summed E-state index contributed by atoms with van der Waals surface area (Å²) in [7, 11) is 1.60. The highest BCUT2D eigenvalue weighted by Crippen LogP contribution is 2.42. The van der Waals surface area contributed by atoms with E-state index in [0.29, 0.717) is 11.6 Å². The highest BCUT2D eigenvalue weighted by molar-refractivity contribution is 5.86. The van der Waals surface area contributed by atoms with Crippen LogP contribution in [0.3, 0.4) is 0 Å². The van der Waals surface area contributed by atoms with Gasteiger partial charge in [-0.15, -0.1) is 0 Å². The Kier molecular flexibility index (Phi) is 2.97. The first-order chi connectivity index (χ1) is 9.60. The summed E-state index contributed by atoms with van der Waals surface area (Å²) in [5, 5.41) is 9.19. The number of aromatic nitrogens is 1. The minimum atomic E-state index is -1.07. The molecular formula is C15H15NO4. The number of carbonyl (C=O) groups is 1. The lowest BCUT2D eigenvalue weighted by molar-refractivity contribution is 0.0661. The SMILES string of the molecule is COc1cc(-c2nc(C3CC3)c(C(=O)O)o2)ccc1C. The van der Waals surface area contributed by atoms with Gasteiger partial charge in [0.1, 0.15) is 5.75 Å². The first-order valence-corrected chi connectivity index (χ1v) is 6.49. The molecule has 1 aliphatic carbocycles. The molecule has 0 radical (unpaired) electrons. The van der Waals surface area contributed by atoms with Crippen LogP contribution < -0.4 is 4.74 Å². The van der Waals surface area contributed by atoms with Crippen LogP contribution in [0.25, 0.3) is 11.5 Å². The Hall–Kier alpha value is -2.30. The third-order valence-corrected chi connectivity index (χ3v) is 3.47. The average Bonchev–Trinajstić information content (AvgIpc) is 3.18. The number of carboxylic acid groups (broad SMARTS) is 1. The number of methoxy groups -OCH3 is 1. The number of aryl methyl sites for hydroxylation is 1. The van der Waals surface area contributed by atoms with Crippen LogP contribution in [0.15, 0.2) is 22.6 Å². The number of aromatic carboxylic acids is 1. The number of nitrogens with zero attached hydrogens (tertiary/aromatic N) is 1. The molecule has 0 amide bonds. The fourth-order valence-corrected chi connectivity index (χ4v) is 2.20. The summed E-state index contributed by atoms with van der Waals surface area (Å²) in [6.45, 7) is 1.94. The van der Waals surface area contributed by atoms with Crippen LogP contribution >= 0.6 is 0 Å². The van der Waals surface area contributed by atoms with Crippen molar-refractivity contribution in [1.29, 1.82) is 0 Å². The van der Waals surface area contributed by atoms with E-state index in [1.165, 1.54) is 0 Å². The van der Waals surface area contributed by atoms with Crippen molar-refractivity contribution in [3.05, 3.63) is 35.2 Å². The van der Waals surface area contributed by atoms with Crippen molar-refractivity contribution in [3.8, 4) is 17.2 Å². The van der Waals surface area contributed by atoms with Crippen LogP contribution in [0.2, 0.25) is 0 Å². The standard InChI is InChI=1S/C15H15NO4/c1-8-3-4-10(7-11(8)19-2)14-16-12(9-5-6-9)13(20-14)15(17)18/h3-4,7,9H,5-6H2,1-2H3,(H,17,18). The van der Waals surface area contributed by atoms with Crippen molar-refractivity contribution < 1.29 is 19.1 Å². The summed E-state index contributed by atoms with van der Waals surface area (Å²) in [5.41, 5.74) is 2.29. The molecule has 5 heteroatoms. The molecular weight excluding hydrogens is 258 g/mol. The van der Waals surface area contributed by atoms with Crippen molar-refractivity contribution in [2.45, 2.75) is 25.7 Å². The maximum absolute atomic E-state index is 11.2. The molecule has 1 aliphatic rings. The van der Waals surface area contributed by atoms with Gasteiger partial charge in [-0.3, -0.25) is 0 Å². The van der Waals surface area contributed by atoms with Gasteiger partial charge in [0.15, 0.2) is 0 Å². The fraction of sp³-hybridized carbons (Fsp3) is 0.333. The van der Waals surface area contributed by atoms with Gasteiger partial charge in [-0.05, 0) is 37.5 Å². The number of carboxylic acids is 1. The van der Waals surface area contributed by atoms with Crippen molar-refractivity contribution in [3.63, 3.8) is 0 Å². The number of benzene rings is 1. The first-order valence-electron chi connectivity index (χ1n) is 6.49. The van der Waals surface area contributed by atoms with E-state index in [9.17, 15) is 9.90 Å². The zero-order valence-corrected chi connectivity index (χ0v) is 11.3. The van der Waals surface area contributed by atoms with Crippen molar-refractivity contribution in [2.24, 2.45) is 0 Å². The molecule has 5 nitrogen and oxygen atoms in total. The molecule has 1 N–H and O–H groups in total. The number of rotatable bonds is 4. The Morgan fingerprint density at radius 3 is 2.80 bits per heavy atom. The Morgan fingerprint density at radius 1 is 1.45 bits per heavy atom. The lowest BCUT2D eigenvalue weighted by Crippen LogP contribution is -1.98. The van der Waals surface area contributed by atoms with E-state index in [1.807, 2.05) is 25.1 Å². The van der Waals surface area contributed by atoms with Crippen molar-refractivity contribution in [2.75, 3.05) is 7.11 Å². The first kappa shape index (κ1) is 12.7. The third kappa shape index (κ3) is 2.15. The number of oxazole rings is 1. The lowest BCUT2D eigenvalue weighted by Gasteiger charge is -2.05. The Labute approximate surface area is 116 Å². The van der Waals surface area contributed by atoms with Crippen LogP contribution in [0.4, 0.5) is 0 Å². The van der Waals surface area contributed by atoms with Crippen molar-refractivity contribution in [1.82, 2.24) is 4.98 Å². The molecule has 1 aromatic carbocycles. The molecule has 104 valence electrons. The summed E-state index contributed by atoms with van der Waals surface area (Å²) < 4.78 is 10.7. The summed E-state index contributed by atoms with van der Waals surface area (Å²) >= 11 is 0. The quantitative estimate of drug-likeness (QED) is 0.925.